The van der Waals surface area contributed by atoms with E-state index in [0.29, 0.717) is 12.2 Å². The van der Waals surface area contributed by atoms with Crippen LogP contribution in [0.15, 0.2) is 42.6 Å². The molecule has 2 aromatic rings. The van der Waals surface area contributed by atoms with E-state index in [9.17, 15) is 14.0 Å². The lowest BCUT2D eigenvalue weighted by Crippen LogP contribution is -2.32. The highest BCUT2D eigenvalue weighted by Crippen LogP contribution is 2.06. The highest BCUT2D eigenvalue weighted by atomic mass is 19.1. The molecule has 0 fully saturated rings. The summed E-state index contributed by atoms with van der Waals surface area (Å²) in [5.74, 6) is -1.12. The van der Waals surface area contributed by atoms with Crippen molar-refractivity contribution in [2.75, 3.05) is 19.7 Å². The zero-order valence-electron chi connectivity index (χ0n) is 14.9. The van der Waals surface area contributed by atoms with Crippen molar-refractivity contribution in [3.63, 3.8) is 0 Å². The Morgan fingerprint density at radius 3 is 2.63 bits per heavy atom. The summed E-state index contributed by atoms with van der Waals surface area (Å²) in [5, 5.41) is 13.9. The van der Waals surface area contributed by atoms with Crippen LogP contribution in [0.1, 0.15) is 33.3 Å². The molecule has 2 rings (SSSR count). The molecule has 0 aliphatic rings. The maximum atomic E-state index is 12.9. The highest BCUT2D eigenvalue weighted by molar-refractivity contribution is 5.98. The number of hydrogen-bond donors (Lipinski definition) is 3. The molecule has 1 unspecified atom stereocenters. The molecule has 1 aromatic heterocycles. The molecule has 2 amide bonds. The minimum atomic E-state index is -0.463. The third-order valence-electron chi connectivity index (χ3n) is 3.65. The van der Waals surface area contributed by atoms with Crippen LogP contribution in [0.2, 0.25) is 0 Å². The van der Waals surface area contributed by atoms with Gasteiger partial charge in [-0.15, -0.1) is 0 Å². The van der Waals surface area contributed by atoms with Gasteiger partial charge >= 0.3 is 0 Å². The maximum Gasteiger partial charge on any atom is 0.269 e. The fourth-order valence-electron chi connectivity index (χ4n) is 2.17. The van der Waals surface area contributed by atoms with Crippen LogP contribution < -0.4 is 10.6 Å². The monoisotopic (exact) mass is 375 g/mol. The lowest BCUT2D eigenvalue weighted by molar-refractivity contribution is 0.0509. The summed E-state index contributed by atoms with van der Waals surface area (Å²) in [6.45, 7) is 2.32. The zero-order valence-corrected chi connectivity index (χ0v) is 14.9. The van der Waals surface area contributed by atoms with Crippen LogP contribution in [-0.2, 0) is 11.3 Å². The van der Waals surface area contributed by atoms with Crippen LogP contribution in [-0.4, -0.2) is 47.7 Å². The molecule has 1 aromatic carbocycles. The van der Waals surface area contributed by atoms with Crippen molar-refractivity contribution in [3.05, 3.63) is 65.2 Å². The number of pyridine rings is 1. The summed E-state index contributed by atoms with van der Waals surface area (Å²) in [7, 11) is 0. The average Bonchev–Trinajstić information content (AvgIpc) is 2.69. The molecule has 0 saturated carbocycles. The van der Waals surface area contributed by atoms with Crippen LogP contribution in [0, 0.1) is 5.82 Å². The molecule has 1 heterocycles. The van der Waals surface area contributed by atoms with Gasteiger partial charge in [-0.2, -0.15) is 0 Å². The van der Waals surface area contributed by atoms with Crippen molar-refractivity contribution in [1.82, 2.24) is 15.6 Å². The molecule has 144 valence electrons. The third kappa shape index (κ3) is 6.76. The normalized spacial score (nSPS) is 11.7. The number of amides is 2. The second-order valence-electron chi connectivity index (χ2n) is 5.87. The van der Waals surface area contributed by atoms with Crippen LogP contribution in [0.25, 0.3) is 0 Å². The van der Waals surface area contributed by atoms with Crippen LogP contribution in [0.3, 0.4) is 0 Å². The largest absolute Gasteiger partial charge is 0.395 e. The van der Waals surface area contributed by atoms with E-state index < -0.39 is 5.91 Å². The van der Waals surface area contributed by atoms with Gasteiger partial charge in [0.15, 0.2) is 0 Å². The van der Waals surface area contributed by atoms with E-state index in [2.05, 4.69) is 15.6 Å². The Balaban J connectivity index is 1.82. The summed E-state index contributed by atoms with van der Waals surface area (Å²) in [6, 6.07) is 8.89. The number of rotatable bonds is 9. The van der Waals surface area contributed by atoms with Crippen molar-refractivity contribution in [1.29, 1.82) is 0 Å². The van der Waals surface area contributed by atoms with E-state index in [-0.39, 0.29) is 43.2 Å². The summed E-state index contributed by atoms with van der Waals surface area (Å²) in [4.78, 5) is 28.0. The second kappa shape index (κ2) is 10.3. The Kier molecular flexibility index (Phi) is 7.84. The topological polar surface area (TPSA) is 101 Å². The summed E-state index contributed by atoms with van der Waals surface area (Å²) < 4.78 is 18.5. The Morgan fingerprint density at radius 1 is 1.19 bits per heavy atom. The fourth-order valence-corrected chi connectivity index (χ4v) is 2.17. The number of halogens is 1. The number of ether oxygens (including phenoxy) is 1. The van der Waals surface area contributed by atoms with Crippen molar-refractivity contribution >= 4 is 11.8 Å². The molecule has 0 aliphatic carbocycles. The number of aliphatic hydroxyl groups excluding tert-OH is 1. The van der Waals surface area contributed by atoms with E-state index >= 15 is 0 Å². The molecular formula is C19H22FN3O4. The number of aromatic nitrogens is 1. The fraction of sp³-hybridized carbons (Fsp3) is 0.316. The maximum absolute atomic E-state index is 12.9. The first kappa shape index (κ1) is 20.5. The molecule has 0 aliphatic heterocycles. The molecule has 8 heteroatoms. The smallest absolute Gasteiger partial charge is 0.269 e. The lowest BCUT2D eigenvalue weighted by Gasteiger charge is -2.14. The van der Waals surface area contributed by atoms with Crippen molar-refractivity contribution in [2.24, 2.45) is 0 Å². The molecule has 0 radical (unpaired) electrons. The van der Waals surface area contributed by atoms with E-state index in [1.807, 2.05) is 6.92 Å². The number of benzene rings is 1. The van der Waals surface area contributed by atoms with E-state index in [0.717, 1.165) is 5.56 Å². The van der Waals surface area contributed by atoms with Gasteiger partial charge in [0.25, 0.3) is 11.8 Å². The van der Waals surface area contributed by atoms with Crippen molar-refractivity contribution in [2.45, 2.75) is 19.6 Å². The van der Waals surface area contributed by atoms with Crippen molar-refractivity contribution in [3.8, 4) is 0 Å². The summed E-state index contributed by atoms with van der Waals surface area (Å²) in [5.41, 5.74) is 1.23. The van der Waals surface area contributed by atoms with E-state index in [1.54, 1.807) is 12.1 Å². The van der Waals surface area contributed by atoms with Gasteiger partial charge in [-0.1, -0.05) is 12.1 Å². The number of aliphatic hydroxyl groups is 1. The minimum Gasteiger partial charge on any atom is -0.395 e. The summed E-state index contributed by atoms with van der Waals surface area (Å²) >= 11 is 0. The Morgan fingerprint density at radius 2 is 1.93 bits per heavy atom. The number of carbonyl (C=O) groups is 2. The quantitative estimate of drug-likeness (QED) is 0.613. The number of nitrogens with zero attached hydrogens (tertiary/aromatic N) is 1. The van der Waals surface area contributed by atoms with E-state index in [1.165, 1.54) is 30.5 Å². The van der Waals surface area contributed by atoms with Crippen molar-refractivity contribution < 1.29 is 23.8 Å². The lowest BCUT2D eigenvalue weighted by atomic mass is 10.2. The third-order valence-corrected chi connectivity index (χ3v) is 3.65. The van der Waals surface area contributed by atoms with Gasteiger partial charge in [0.1, 0.15) is 11.5 Å². The molecule has 0 bridgehead atoms. The predicted molar refractivity (Wildman–Crippen MR) is 96.6 cm³/mol. The van der Waals surface area contributed by atoms with Gasteiger partial charge in [-0.3, -0.25) is 14.6 Å². The first-order valence-corrected chi connectivity index (χ1v) is 8.49. The van der Waals surface area contributed by atoms with Crippen LogP contribution in [0.4, 0.5) is 4.39 Å². The SMILES string of the molecule is CC(CNC(=O)c1ccnc(C(=O)NCCO)c1)OCc1ccc(F)cc1. The predicted octanol–water partition coefficient (Wildman–Crippen LogP) is 1.28. The first-order chi connectivity index (χ1) is 13.0. The standard InChI is InChI=1S/C19H22FN3O4/c1-13(27-12-14-2-4-16(20)5-3-14)11-23-18(25)15-6-7-21-17(10-15)19(26)22-8-9-24/h2-7,10,13,24H,8-9,11-12H2,1H3,(H,22,26)(H,23,25). The highest BCUT2D eigenvalue weighted by Gasteiger charge is 2.12. The van der Waals surface area contributed by atoms with E-state index in [4.69, 9.17) is 9.84 Å². The van der Waals surface area contributed by atoms with Gasteiger partial charge < -0.3 is 20.5 Å². The first-order valence-electron chi connectivity index (χ1n) is 8.49. The van der Waals surface area contributed by atoms with Gasteiger partial charge in [0.05, 0.1) is 19.3 Å². The molecule has 3 N–H and O–H groups in total. The molecular weight excluding hydrogens is 353 g/mol. The van der Waals surface area contributed by atoms with Gasteiger partial charge in [-0.25, -0.2) is 4.39 Å². The average molecular weight is 375 g/mol. The van der Waals surface area contributed by atoms with Crippen LogP contribution >= 0.6 is 0 Å². The number of carbonyl (C=O) groups excluding carboxylic acids is 2. The van der Waals surface area contributed by atoms with Gasteiger partial charge in [0, 0.05) is 24.8 Å². The zero-order chi connectivity index (χ0) is 19.6. The Labute approximate surface area is 156 Å². The van der Waals surface area contributed by atoms with Gasteiger partial charge in [0.2, 0.25) is 0 Å². The number of hydrogen-bond acceptors (Lipinski definition) is 5. The van der Waals surface area contributed by atoms with Crippen LogP contribution in [0.5, 0.6) is 0 Å². The summed E-state index contributed by atoms with van der Waals surface area (Å²) in [6.07, 6.45) is 1.12. The second-order valence-corrected chi connectivity index (χ2v) is 5.87. The minimum absolute atomic E-state index is 0.0942. The number of nitrogens with one attached hydrogen (secondary N) is 2. The molecule has 0 spiro atoms. The molecule has 0 saturated heterocycles. The molecule has 1 atom stereocenters. The molecule has 27 heavy (non-hydrogen) atoms. The molecule has 7 nitrogen and oxygen atoms in total. The Hall–Kier alpha value is -2.84. The van der Waals surface area contributed by atoms with Gasteiger partial charge in [-0.05, 0) is 36.8 Å². The Bertz CT molecular complexity index is 768.